The summed E-state index contributed by atoms with van der Waals surface area (Å²) in [4.78, 5) is 37.4. The highest BCUT2D eigenvalue weighted by Crippen LogP contribution is 2.14. The van der Waals surface area contributed by atoms with Crippen molar-refractivity contribution in [1.82, 2.24) is 10.2 Å². The van der Waals surface area contributed by atoms with E-state index in [0.717, 1.165) is 5.56 Å². The van der Waals surface area contributed by atoms with Crippen LogP contribution in [0, 0.1) is 10.1 Å². The van der Waals surface area contributed by atoms with Crippen molar-refractivity contribution in [2.75, 3.05) is 26.3 Å². The van der Waals surface area contributed by atoms with E-state index in [4.69, 9.17) is 4.74 Å². The average Bonchev–Trinajstić information content (AvgIpc) is 2.74. The van der Waals surface area contributed by atoms with Gasteiger partial charge in [-0.15, -0.1) is 0 Å². The molecule has 1 heterocycles. The molecule has 2 aromatic carbocycles. The van der Waals surface area contributed by atoms with Crippen LogP contribution in [0.2, 0.25) is 0 Å². The smallest absolute Gasteiger partial charge is 0.270 e. The average molecular weight is 381 g/mol. The molecular weight excluding hydrogens is 362 g/mol. The molecule has 0 aromatic heterocycles. The minimum absolute atomic E-state index is 0.110. The molecule has 0 radical (unpaired) electrons. The number of carbonyl (C=O) groups excluding carboxylic acids is 2. The lowest BCUT2D eigenvalue weighted by Gasteiger charge is -2.27. The summed E-state index contributed by atoms with van der Waals surface area (Å²) in [6.07, 6.45) is 1.61. The number of nitrogens with one attached hydrogen (secondary N) is 1. The molecule has 1 aliphatic heterocycles. The Balaban J connectivity index is 1.83. The number of rotatable bonds is 5. The van der Waals surface area contributed by atoms with Gasteiger partial charge in [0, 0.05) is 30.8 Å². The standard InChI is InChI=1S/C20H19N3O5/c24-19(16-6-8-17(9-7-16)23(26)27)21-18(14-15-4-2-1-3-5-15)20(25)22-10-12-28-13-11-22/h1-9,14H,10-13H2,(H,21,24)/b18-14-. The van der Waals surface area contributed by atoms with Gasteiger partial charge in [-0.25, -0.2) is 0 Å². The molecule has 1 fully saturated rings. The number of nitro benzene ring substituents is 1. The number of non-ortho nitro benzene ring substituents is 1. The van der Waals surface area contributed by atoms with Crippen LogP contribution in [-0.2, 0) is 9.53 Å². The number of morpholine rings is 1. The Labute approximate surface area is 161 Å². The van der Waals surface area contributed by atoms with Crippen molar-refractivity contribution >= 4 is 23.6 Å². The maximum Gasteiger partial charge on any atom is 0.270 e. The van der Waals surface area contributed by atoms with E-state index < -0.39 is 10.8 Å². The van der Waals surface area contributed by atoms with Gasteiger partial charge < -0.3 is 15.0 Å². The molecule has 0 saturated carbocycles. The molecule has 0 bridgehead atoms. The molecule has 0 atom stereocenters. The molecule has 8 heteroatoms. The van der Waals surface area contributed by atoms with Crippen LogP contribution >= 0.6 is 0 Å². The van der Waals surface area contributed by atoms with Crippen LogP contribution in [0.15, 0.2) is 60.3 Å². The second kappa shape index (κ2) is 8.92. The fourth-order valence-electron chi connectivity index (χ4n) is 2.73. The second-order valence-electron chi connectivity index (χ2n) is 6.13. The van der Waals surface area contributed by atoms with E-state index in [0.29, 0.717) is 26.3 Å². The normalized spacial score (nSPS) is 14.4. The minimum Gasteiger partial charge on any atom is -0.378 e. The first kappa shape index (κ1) is 19.2. The number of nitro groups is 1. The van der Waals surface area contributed by atoms with E-state index in [9.17, 15) is 19.7 Å². The molecule has 8 nitrogen and oxygen atoms in total. The molecule has 3 rings (SSSR count). The second-order valence-corrected chi connectivity index (χ2v) is 6.13. The number of nitrogens with zero attached hydrogens (tertiary/aromatic N) is 2. The summed E-state index contributed by atoms with van der Waals surface area (Å²) in [5.41, 5.74) is 1.01. The summed E-state index contributed by atoms with van der Waals surface area (Å²) in [6, 6.07) is 14.4. The minimum atomic E-state index is -0.537. The zero-order valence-electron chi connectivity index (χ0n) is 15.0. The largest absolute Gasteiger partial charge is 0.378 e. The van der Waals surface area contributed by atoms with Gasteiger partial charge >= 0.3 is 0 Å². The third kappa shape index (κ3) is 4.80. The van der Waals surface area contributed by atoms with Crippen molar-refractivity contribution in [3.8, 4) is 0 Å². The fraction of sp³-hybridized carbons (Fsp3) is 0.200. The third-order valence-corrected chi connectivity index (χ3v) is 4.23. The summed E-state index contributed by atoms with van der Waals surface area (Å²) >= 11 is 0. The highest BCUT2D eigenvalue weighted by molar-refractivity contribution is 6.05. The number of hydrogen-bond donors (Lipinski definition) is 1. The van der Waals surface area contributed by atoms with Gasteiger partial charge in [-0.3, -0.25) is 19.7 Å². The monoisotopic (exact) mass is 381 g/mol. The number of ether oxygens (including phenoxy) is 1. The van der Waals surface area contributed by atoms with E-state index in [1.165, 1.54) is 24.3 Å². The molecular formula is C20H19N3O5. The molecule has 144 valence electrons. The quantitative estimate of drug-likeness (QED) is 0.486. The van der Waals surface area contributed by atoms with E-state index in [2.05, 4.69) is 5.32 Å². The van der Waals surface area contributed by atoms with Crippen LogP contribution in [0.25, 0.3) is 6.08 Å². The van der Waals surface area contributed by atoms with Gasteiger partial charge in [0.1, 0.15) is 5.70 Å². The summed E-state index contributed by atoms with van der Waals surface area (Å²) in [6.45, 7) is 1.78. The van der Waals surface area contributed by atoms with Crippen molar-refractivity contribution in [2.45, 2.75) is 0 Å². The Bertz CT molecular complexity index is 888. The Kier molecular flexibility index (Phi) is 6.13. The van der Waals surface area contributed by atoms with Crippen LogP contribution in [0.4, 0.5) is 5.69 Å². The van der Waals surface area contributed by atoms with Crippen molar-refractivity contribution in [1.29, 1.82) is 0 Å². The first-order valence-corrected chi connectivity index (χ1v) is 8.74. The van der Waals surface area contributed by atoms with Crippen molar-refractivity contribution in [3.05, 3.63) is 81.5 Å². The Morgan fingerprint density at radius 1 is 1.04 bits per heavy atom. The lowest BCUT2D eigenvalue weighted by atomic mass is 10.1. The molecule has 1 aliphatic rings. The molecule has 1 saturated heterocycles. The van der Waals surface area contributed by atoms with Crippen LogP contribution in [-0.4, -0.2) is 47.9 Å². The Morgan fingerprint density at radius 2 is 1.68 bits per heavy atom. The first-order valence-electron chi connectivity index (χ1n) is 8.74. The summed E-state index contributed by atoms with van der Waals surface area (Å²) < 4.78 is 5.27. The molecule has 1 N–H and O–H groups in total. The fourth-order valence-corrected chi connectivity index (χ4v) is 2.73. The zero-order chi connectivity index (χ0) is 19.9. The number of amides is 2. The topological polar surface area (TPSA) is 102 Å². The molecule has 28 heavy (non-hydrogen) atoms. The molecule has 0 unspecified atom stereocenters. The van der Waals surface area contributed by atoms with E-state index >= 15 is 0 Å². The van der Waals surface area contributed by atoms with Gasteiger partial charge in [0.2, 0.25) is 0 Å². The van der Waals surface area contributed by atoms with Gasteiger partial charge in [-0.05, 0) is 23.8 Å². The van der Waals surface area contributed by atoms with Gasteiger partial charge in [0.25, 0.3) is 17.5 Å². The number of hydrogen-bond acceptors (Lipinski definition) is 5. The van der Waals surface area contributed by atoms with Gasteiger partial charge in [0.05, 0.1) is 18.1 Å². The SMILES string of the molecule is O=C(N/C(=C\c1ccccc1)C(=O)N1CCOCC1)c1ccc([N+](=O)[O-])cc1. The third-order valence-electron chi connectivity index (χ3n) is 4.23. The predicted molar refractivity (Wildman–Crippen MR) is 102 cm³/mol. The molecule has 0 aliphatic carbocycles. The molecule has 2 aromatic rings. The maximum absolute atomic E-state index is 12.9. The lowest BCUT2D eigenvalue weighted by Crippen LogP contribution is -2.44. The van der Waals surface area contributed by atoms with Gasteiger partial charge in [-0.1, -0.05) is 30.3 Å². The summed E-state index contributed by atoms with van der Waals surface area (Å²) in [5, 5.41) is 13.4. The molecule has 2 amide bonds. The summed E-state index contributed by atoms with van der Waals surface area (Å²) in [5.74, 6) is -0.818. The summed E-state index contributed by atoms with van der Waals surface area (Å²) in [7, 11) is 0. The van der Waals surface area contributed by atoms with E-state index in [1.807, 2.05) is 30.3 Å². The number of benzene rings is 2. The highest BCUT2D eigenvalue weighted by Gasteiger charge is 2.23. The van der Waals surface area contributed by atoms with E-state index in [-0.39, 0.29) is 22.9 Å². The van der Waals surface area contributed by atoms with Gasteiger partial charge in [-0.2, -0.15) is 0 Å². The molecule has 0 spiro atoms. The van der Waals surface area contributed by atoms with Crippen LogP contribution < -0.4 is 5.32 Å². The lowest BCUT2D eigenvalue weighted by molar-refractivity contribution is -0.384. The maximum atomic E-state index is 12.9. The Hall–Kier alpha value is -3.52. The number of carbonyl (C=O) groups is 2. The van der Waals surface area contributed by atoms with Crippen LogP contribution in [0.5, 0.6) is 0 Å². The first-order chi connectivity index (χ1) is 13.5. The highest BCUT2D eigenvalue weighted by atomic mass is 16.6. The van der Waals surface area contributed by atoms with Crippen molar-refractivity contribution < 1.29 is 19.2 Å². The van der Waals surface area contributed by atoms with Crippen LogP contribution in [0.3, 0.4) is 0 Å². The van der Waals surface area contributed by atoms with Crippen molar-refractivity contribution in [2.24, 2.45) is 0 Å². The Morgan fingerprint density at radius 3 is 2.29 bits per heavy atom. The zero-order valence-corrected chi connectivity index (χ0v) is 15.0. The van der Waals surface area contributed by atoms with Gasteiger partial charge in [0.15, 0.2) is 0 Å². The van der Waals surface area contributed by atoms with Crippen LogP contribution in [0.1, 0.15) is 15.9 Å². The predicted octanol–water partition coefficient (Wildman–Crippen LogP) is 2.22. The van der Waals surface area contributed by atoms with E-state index in [1.54, 1.807) is 11.0 Å². The van der Waals surface area contributed by atoms with Crippen molar-refractivity contribution in [3.63, 3.8) is 0 Å².